The van der Waals surface area contributed by atoms with Gasteiger partial charge in [-0.2, -0.15) is 0 Å². The summed E-state index contributed by atoms with van der Waals surface area (Å²) in [6.45, 7) is 9.53. The van der Waals surface area contributed by atoms with Crippen molar-refractivity contribution in [3.8, 4) is 0 Å². The van der Waals surface area contributed by atoms with Crippen LogP contribution in [0.3, 0.4) is 0 Å². The topological polar surface area (TPSA) is 12.0 Å². The lowest BCUT2D eigenvalue weighted by molar-refractivity contribution is 0.297. The molecule has 1 atom stereocenters. The molecule has 1 N–H and O–H groups in total. The fourth-order valence-electron chi connectivity index (χ4n) is 3.67. The van der Waals surface area contributed by atoms with Gasteiger partial charge in [0.05, 0.1) is 0 Å². The lowest BCUT2D eigenvalue weighted by Crippen LogP contribution is -2.47. The van der Waals surface area contributed by atoms with Gasteiger partial charge in [0.1, 0.15) is 0 Å². The smallest absolute Gasteiger partial charge is 0.0201 e. The second-order valence-corrected chi connectivity index (χ2v) is 6.00. The van der Waals surface area contributed by atoms with Crippen LogP contribution >= 0.6 is 0 Å². The second kappa shape index (κ2) is 6.38. The lowest BCUT2D eigenvalue weighted by atomic mass is 9.71. The zero-order chi connectivity index (χ0) is 13.7. The van der Waals surface area contributed by atoms with Crippen LogP contribution in [-0.4, -0.2) is 12.6 Å². The molecule has 1 aromatic rings. The van der Waals surface area contributed by atoms with Crippen LogP contribution in [0.2, 0.25) is 0 Å². The Kier molecular flexibility index (Phi) is 4.81. The van der Waals surface area contributed by atoms with E-state index in [1.54, 1.807) is 0 Å². The zero-order valence-corrected chi connectivity index (χ0v) is 12.4. The minimum Gasteiger partial charge on any atom is -0.313 e. The number of benzene rings is 1. The Morgan fingerprint density at radius 2 is 1.89 bits per heavy atom. The molecule has 2 rings (SSSR count). The number of hydrogen-bond donors (Lipinski definition) is 1. The van der Waals surface area contributed by atoms with E-state index in [-0.39, 0.29) is 0 Å². The van der Waals surface area contributed by atoms with E-state index in [4.69, 9.17) is 0 Å². The second-order valence-electron chi connectivity index (χ2n) is 6.00. The molecule has 0 heterocycles. The molecule has 0 bridgehead atoms. The summed E-state index contributed by atoms with van der Waals surface area (Å²) in [6, 6.07) is 11.6. The van der Waals surface area contributed by atoms with Crippen LogP contribution in [0.1, 0.15) is 51.5 Å². The maximum atomic E-state index is 4.13. The first kappa shape index (κ1) is 14.3. The molecule has 104 valence electrons. The standard InChI is InChI=1S/C18H27N/c1-4-19-17(14-15(2)3)18(12-8-9-13-18)16-10-6-5-7-11-16/h5-7,10-11,17,19H,2,4,8-9,12-14H2,1,3H3. The van der Waals surface area contributed by atoms with Crippen LogP contribution in [0.25, 0.3) is 0 Å². The summed E-state index contributed by atoms with van der Waals surface area (Å²) >= 11 is 0. The quantitative estimate of drug-likeness (QED) is 0.743. The van der Waals surface area contributed by atoms with Gasteiger partial charge in [-0.05, 0) is 38.3 Å². The maximum Gasteiger partial charge on any atom is 0.0201 e. The van der Waals surface area contributed by atoms with Gasteiger partial charge in [-0.25, -0.2) is 0 Å². The lowest BCUT2D eigenvalue weighted by Gasteiger charge is -2.39. The Hall–Kier alpha value is -1.08. The summed E-state index contributed by atoms with van der Waals surface area (Å²) in [5.74, 6) is 0. The summed E-state index contributed by atoms with van der Waals surface area (Å²) in [6.07, 6.45) is 6.41. The van der Waals surface area contributed by atoms with Crippen LogP contribution in [0, 0.1) is 0 Å². The van der Waals surface area contributed by atoms with Crippen molar-refractivity contribution < 1.29 is 0 Å². The van der Waals surface area contributed by atoms with E-state index in [1.807, 2.05) is 0 Å². The Balaban J connectivity index is 2.33. The molecule has 1 heteroatoms. The van der Waals surface area contributed by atoms with Gasteiger partial charge in [0.15, 0.2) is 0 Å². The number of likely N-dealkylation sites (N-methyl/N-ethyl adjacent to an activating group) is 1. The maximum absolute atomic E-state index is 4.13. The van der Waals surface area contributed by atoms with Crippen molar-refractivity contribution >= 4 is 0 Å². The van der Waals surface area contributed by atoms with Crippen LogP contribution in [-0.2, 0) is 5.41 Å². The van der Waals surface area contributed by atoms with Crippen molar-refractivity contribution in [2.75, 3.05) is 6.54 Å². The molecule has 1 aromatic carbocycles. The molecular formula is C18H27N. The van der Waals surface area contributed by atoms with Gasteiger partial charge in [0.25, 0.3) is 0 Å². The van der Waals surface area contributed by atoms with Crippen molar-refractivity contribution in [3.05, 3.63) is 48.0 Å². The molecular weight excluding hydrogens is 230 g/mol. The summed E-state index contributed by atoms with van der Waals surface area (Å²) in [5.41, 5.74) is 3.11. The molecule has 0 amide bonds. The van der Waals surface area contributed by atoms with Crippen molar-refractivity contribution in [1.82, 2.24) is 5.32 Å². The SMILES string of the molecule is C=C(C)CC(NCC)C1(c2ccccc2)CCCC1. The highest BCUT2D eigenvalue weighted by atomic mass is 14.9. The molecule has 1 fully saturated rings. The minimum absolute atomic E-state index is 0.316. The molecule has 0 saturated heterocycles. The van der Waals surface area contributed by atoms with Gasteiger partial charge in [0.2, 0.25) is 0 Å². The van der Waals surface area contributed by atoms with E-state index in [2.05, 4.69) is 56.1 Å². The predicted octanol–water partition coefficient (Wildman–Crippen LogP) is 4.44. The Morgan fingerprint density at radius 3 is 2.42 bits per heavy atom. The molecule has 0 aromatic heterocycles. The number of nitrogens with one attached hydrogen (secondary N) is 1. The van der Waals surface area contributed by atoms with Gasteiger partial charge >= 0.3 is 0 Å². The average molecular weight is 257 g/mol. The van der Waals surface area contributed by atoms with E-state index >= 15 is 0 Å². The van der Waals surface area contributed by atoms with Gasteiger partial charge in [-0.1, -0.05) is 55.7 Å². The third-order valence-electron chi connectivity index (χ3n) is 4.51. The van der Waals surface area contributed by atoms with Crippen molar-refractivity contribution in [2.45, 2.75) is 57.4 Å². The normalized spacial score (nSPS) is 19.3. The Bertz CT molecular complexity index is 401. The molecule has 0 radical (unpaired) electrons. The van der Waals surface area contributed by atoms with Crippen molar-refractivity contribution in [1.29, 1.82) is 0 Å². The van der Waals surface area contributed by atoms with Crippen LogP contribution in [0.15, 0.2) is 42.5 Å². The van der Waals surface area contributed by atoms with E-state index in [1.165, 1.54) is 36.8 Å². The van der Waals surface area contributed by atoms with Crippen LogP contribution in [0.4, 0.5) is 0 Å². The first-order valence-electron chi connectivity index (χ1n) is 7.62. The van der Waals surface area contributed by atoms with E-state index in [0.717, 1.165) is 13.0 Å². The molecule has 1 aliphatic rings. The first-order chi connectivity index (χ1) is 9.19. The van der Waals surface area contributed by atoms with E-state index < -0.39 is 0 Å². The fraction of sp³-hybridized carbons (Fsp3) is 0.556. The van der Waals surface area contributed by atoms with Gasteiger partial charge in [-0.3, -0.25) is 0 Å². The largest absolute Gasteiger partial charge is 0.313 e. The highest BCUT2D eigenvalue weighted by Crippen LogP contribution is 2.45. The summed E-state index contributed by atoms with van der Waals surface area (Å²) in [4.78, 5) is 0. The van der Waals surface area contributed by atoms with Crippen molar-refractivity contribution in [3.63, 3.8) is 0 Å². The highest BCUT2D eigenvalue weighted by molar-refractivity contribution is 5.30. The molecule has 0 spiro atoms. The Morgan fingerprint density at radius 1 is 1.26 bits per heavy atom. The van der Waals surface area contributed by atoms with Gasteiger partial charge in [-0.15, -0.1) is 6.58 Å². The Labute approximate surface area is 118 Å². The third-order valence-corrected chi connectivity index (χ3v) is 4.51. The zero-order valence-electron chi connectivity index (χ0n) is 12.4. The van der Waals surface area contributed by atoms with E-state index in [0.29, 0.717) is 11.5 Å². The molecule has 0 aliphatic heterocycles. The summed E-state index contributed by atoms with van der Waals surface area (Å²) in [7, 11) is 0. The molecule has 1 nitrogen and oxygen atoms in total. The molecule has 1 aliphatic carbocycles. The highest BCUT2D eigenvalue weighted by Gasteiger charge is 2.41. The van der Waals surface area contributed by atoms with Gasteiger partial charge < -0.3 is 5.32 Å². The first-order valence-corrected chi connectivity index (χ1v) is 7.62. The van der Waals surface area contributed by atoms with Crippen molar-refractivity contribution in [2.24, 2.45) is 0 Å². The summed E-state index contributed by atoms with van der Waals surface area (Å²) in [5, 5.41) is 3.73. The fourth-order valence-corrected chi connectivity index (χ4v) is 3.67. The monoisotopic (exact) mass is 257 g/mol. The molecule has 1 saturated carbocycles. The summed E-state index contributed by atoms with van der Waals surface area (Å²) < 4.78 is 0. The van der Waals surface area contributed by atoms with Crippen LogP contribution in [0.5, 0.6) is 0 Å². The van der Waals surface area contributed by atoms with Gasteiger partial charge in [0, 0.05) is 11.5 Å². The van der Waals surface area contributed by atoms with E-state index in [9.17, 15) is 0 Å². The minimum atomic E-state index is 0.316. The predicted molar refractivity (Wildman–Crippen MR) is 83.5 cm³/mol. The van der Waals surface area contributed by atoms with Crippen LogP contribution < -0.4 is 5.32 Å². The molecule has 1 unspecified atom stereocenters. The number of rotatable bonds is 6. The number of hydrogen-bond acceptors (Lipinski definition) is 1. The average Bonchev–Trinajstić information content (AvgIpc) is 2.89. The molecule has 19 heavy (non-hydrogen) atoms. The third kappa shape index (κ3) is 3.09.